The first-order chi connectivity index (χ1) is 7.54. The number of Topliss-reactive ketones (excluding diaryl/α,β-unsaturated/α-hetero) is 1. The normalized spacial score (nSPS) is 14.6. The molecule has 0 aromatic rings. The third kappa shape index (κ3) is 5.26. The lowest BCUT2D eigenvalue weighted by Crippen LogP contribution is -2.02. The number of aliphatic imine (C=N–C) groups is 1. The second-order valence-corrected chi connectivity index (χ2v) is 3.25. The van der Waals surface area contributed by atoms with E-state index in [-0.39, 0.29) is 5.78 Å². The molecule has 0 saturated carbocycles. The topological polar surface area (TPSA) is 81.5 Å². The Morgan fingerprint density at radius 1 is 1.31 bits per heavy atom. The molecule has 0 aliphatic heterocycles. The number of allylic oxidation sites excluding steroid dienone is 4. The first kappa shape index (κ1) is 14.3. The Bertz CT molecular complexity index is 362. The van der Waals surface area contributed by atoms with Gasteiger partial charge in [0.2, 0.25) is 0 Å². The number of carbonyl (C=O) groups is 1. The summed E-state index contributed by atoms with van der Waals surface area (Å²) in [5.41, 5.74) is 12.8. The van der Waals surface area contributed by atoms with Crippen LogP contribution in [-0.2, 0) is 4.79 Å². The van der Waals surface area contributed by atoms with Gasteiger partial charge in [0.1, 0.15) is 0 Å². The van der Waals surface area contributed by atoms with Crippen LogP contribution in [0.2, 0.25) is 0 Å². The number of rotatable bonds is 5. The number of hydrogen-bond donors (Lipinski definition) is 2. The van der Waals surface area contributed by atoms with E-state index in [2.05, 4.69) is 4.99 Å². The molecule has 0 spiro atoms. The van der Waals surface area contributed by atoms with Crippen LogP contribution < -0.4 is 11.5 Å². The summed E-state index contributed by atoms with van der Waals surface area (Å²) in [7, 11) is 0. The van der Waals surface area contributed by atoms with E-state index in [0.717, 1.165) is 11.4 Å². The maximum absolute atomic E-state index is 11.1. The van der Waals surface area contributed by atoms with E-state index in [1.807, 2.05) is 19.9 Å². The fourth-order valence-electron chi connectivity index (χ4n) is 0.992. The molecule has 0 aliphatic rings. The molecular weight excluding hydrogens is 202 g/mol. The molecular formula is C12H19N3O. The van der Waals surface area contributed by atoms with Crippen molar-refractivity contribution in [1.82, 2.24) is 0 Å². The number of ketones is 1. The van der Waals surface area contributed by atoms with Gasteiger partial charge in [-0.2, -0.15) is 0 Å². The zero-order valence-electron chi connectivity index (χ0n) is 10.0. The zero-order valence-corrected chi connectivity index (χ0v) is 10.0. The van der Waals surface area contributed by atoms with Gasteiger partial charge in [-0.15, -0.1) is 0 Å². The molecule has 0 fully saturated rings. The van der Waals surface area contributed by atoms with Crippen molar-refractivity contribution in [3.05, 3.63) is 35.7 Å². The molecule has 0 aromatic heterocycles. The van der Waals surface area contributed by atoms with E-state index in [1.54, 1.807) is 12.2 Å². The van der Waals surface area contributed by atoms with Crippen LogP contribution in [0.15, 0.2) is 40.7 Å². The summed E-state index contributed by atoms with van der Waals surface area (Å²) in [5.74, 6) is -0.0726. The van der Waals surface area contributed by atoms with Gasteiger partial charge < -0.3 is 11.5 Å². The maximum Gasteiger partial charge on any atom is 0.161 e. The highest BCUT2D eigenvalue weighted by Gasteiger charge is 1.97. The van der Waals surface area contributed by atoms with Crippen molar-refractivity contribution in [1.29, 1.82) is 0 Å². The standard InChI is InChI=1S/C12H19N3O/c1-4-12(8-14)15-9(2)5-6-11(7-13)10(3)16/h4-7H,8,13-14H2,1-3H3/b6-5-,11-7+,12-4-,15-9+. The van der Waals surface area contributed by atoms with Gasteiger partial charge in [0.05, 0.1) is 0 Å². The van der Waals surface area contributed by atoms with Crippen molar-refractivity contribution in [2.75, 3.05) is 6.54 Å². The van der Waals surface area contributed by atoms with Crippen molar-refractivity contribution in [2.24, 2.45) is 16.5 Å². The first-order valence-electron chi connectivity index (χ1n) is 5.06. The zero-order chi connectivity index (χ0) is 12.6. The molecule has 4 nitrogen and oxygen atoms in total. The quantitative estimate of drug-likeness (QED) is 0.417. The highest BCUT2D eigenvalue weighted by molar-refractivity contribution is 5.99. The summed E-state index contributed by atoms with van der Waals surface area (Å²) in [5, 5.41) is 0. The second-order valence-electron chi connectivity index (χ2n) is 3.25. The lowest BCUT2D eigenvalue weighted by Gasteiger charge is -1.98. The highest BCUT2D eigenvalue weighted by atomic mass is 16.1. The van der Waals surface area contributed by atoms with Crippen LogP contribution in [-0.4, -0.2) is 18.0 Å². The molecule has 0 heterocycles. The van der Waals surface area contributed by atoms with Crippen molar-refractivity contribution in [3.8, 4) is 0 Å². The van der Waals surface area contributed by atoms with Crippen LogP contribution in [0.25, 0.3) is 0 Å². The van der Waals surface area contributed by atoms with Gasteiger partial charge in [-0.3, -0.25) is 9.79 Å². The summed E-state index contributed by atoms with van der Waals surface area (Å²) in [4.78, 5) is 15.3. The first-order valence-corrected chi connectivity index (χ1v) is 5.06. The van der Waals surface area contributed by atoms with Crippen LogP contribution in [0.1, 0.15) is 20.8 Å². The summed E-state index contributed by atoms with van der Waals surface area (Å²) in [6.45, 7) is 5.58. The van der Waals surface area contributed by atoms with Crippen molar-refractivity contribution in [3.63, 3.8) is 0 Å². The number of hydrogen-bond acceptors (Lipinski definition) is 4. The number of carbonyl (C=O) groups excluding carboxylic acids is 1. The molecule has 0 amide bonds. The minimum absolute atomic E-state index is 0.0726. The van der Waals surface area contributed by atoms with Gasteiger partial charge in [0.25, 0.3) is 0 Å². The van der Waals surface area contributed by atoms with E-state index in [1.165, 1.54) is 13.1 Å². The third-order valence-corrected chi connectivity index (χ3v) is 1.95. The Morgan fingerprint density at radius 3 is 2.31 bits per heavy atom. The fraction of sp³-hybridized carbons (Fsp3) is 0.333. The van der Waals surface area contributed by atoms with Crippen LogP contribution >= 0.6 is 0 Å². The summed E-state index contributed by atoms with van der Waals surface area (Å²) in [6, 6.07) is 0. The van der Waals surface area contributed by atoms with Gasteiger partial charge in [0.15, 0.2) is 5.78 Å². The Labute approximate surface area is 96.4 Å². The largest absolute Gasteiger partial charge is 0.404 e. The average molecular weight is 221 g/mol. The molecule has 0 saturated heterocycles. The summed E-state index contributed by atoms with van der Waals surface area (Å²) >= 11 is 0. The fourth-order valence-corrected chi connectivity index (χ4v) is 0.992. The lowest BCUT2D eigenvalue weighted by atomic mass is 10.2. The van der Waals surface area contributed by atoms with Gasteiger partial charge in [-0.1, -0.05) is 6.08 Å². The molecule has 0 atom stereocenters. The Morgan fingerprint density at radius 2 is 1.94 bits per heavy atom. The number of nitrogens with zero attached hydrogens (tertiary/aromatic N) is 1. The van der Waals surface area contributed by atoms with Gasteiger partial charge in [0, 0.05) is 29.7 Å². The average Bonchev–Trinajstić information content (AvgIpc) is 2.26. The second kappa shape index (κ2) is 7.59. The SMILES string of the molecule is C\C=C(CN)/N=C(C)/C=C\C(=C/N)C(C)=O. The van der Waals surface area contributed by atoms with Crippen molar-refractivity contribution < 1.29 is 4.79 Å². The van der Waals surface area contributed by atoms with E-state index in [4.69, 9.17) is 11.5 Å². The predicted octanol–water partition coefficient (Wildman–Crippen LogP) is 1.30. The van der Waals surface area contributed by atoms with E-state index in [0.29, 0.717) is 12.1 Å². The molecule has 0 unspecified atom stereocenters. The lowest BCUT2D eigenvalue weighted by molar-refractivity contribution is -0.113. The molecule has 4 heteroatoms. The Balaban J connectivity index is 4.74. The predicted molar refractivity (Wildman–Crippen MR) is 68.0 cm³/mol. The molecule has 0 aliphatic carbocycles. The molecule has 0 aromatic carbocycles. The minimum Gasteiger partial charge on any atom is -0.404 e. The molecule has 0 rings (SSSR count). The van der Waals surface area contributed by atoms with Gasteiger partial charge in [-0.05, 0) is 32.9 Å². The molecule has 0 bridgehead atoms. The van der Waals surface area contributed by atoms with E-state index >= 15 is 0 Å². The third-order valence-electron chi connectivity index (χ3n) is 1.95. The van der Waals surface area contributed by atoms with Crippen molar-refractivity contribution >= 4 is 11.5 Å². The van der Waals surface area contributed by atoms with Gasteiger partial charge in [-0.25, -0.2) is 0 Å². The monoisotopic (exact) mass is 221 g/mol. The van der Waals surface area contributed by atoms with Crippen LogP contribution in [0.4, 0.5) is 0 Å². The smallest absolute Gasteiger partial charge is 0.161 e. The Kier molecular flexibility index (Phi) is 6.79. The highest BCUT2D eigenvalue weighted by Crippen LogP contribution is 1.99. The summed E-state index contributed by atoms with van der Waals surface area (Å²) < 4.78 is 0. The molecule has 0 radical (unpaired) electrons. The Hall–Kier alpha value is -1.68. The summed E-state index contributed by atoms with van der Waals surface area (Å²) in [6.07, 6.45) is 6.51. The van der Waals surface area contributed by atoms with Crippen LogP contribution in [0.5, 0.6) is 0 Å². The van der Waals surface area contributed by atoms with Crippen LogP contribution in [0, 0.1) is 0 Å². The minimum atomic E-state index is -0.0726. The number of nitrogens with two attached hydrogens (primary N) is 2. The molecule has 16 heavy (non-hydrogen) atoms. The maximum atomic E-state index is 11.1. The van der Waals surface area contributed by atoms with E-state index in [9.17, 15) is 4.79 Å². The molecule has 88 valence electrons. The van der Waals surface area contributed by atoms with E-state index < -0.39 is 0 Å². The molecule has 4 N–H and O–H groups in total. The van der Waals surface area contributed by atoms with Crippen LogP contribution in [0.3, 0.4) is 0 Å². The van der Waals surface area contributed by atoms with Crippen molar-refractivity contribution in [2.45, 2.75) is 20.8 Å². The van der Waals surface area contributed by atoms with Gasteiger partial charge >= 0.3 is 0 Å².